The number of amides is 1. The standard InChI is InChI=1S/C18H16FN3O/c1-12-16-5-3-7-21(16)8-9-22(12)18(23)15-11-14(19)10-13-4-2-6-20-17(13)15/h2-7,10-12H,8-9H2,1H3/t12-/m0/s1. The molecule has 0 unspecified atom stereocenters. The molecule has 0 N–H and O–H groups in total. The Bertz CT molecular complexity index is 902. The Morgan fingerprint density at radius 2 is 2.13 bits per heavy atom. The average Bonchev–Trinajstić information content (AvgIpc) is 3.03. The number of hydrogen-bond acceptors (Lipinski definition) is 2. The highest BCUT2D eigenvalue weighted by Crippen LogP contribution is 2.28. The summed E-state index contributed by atoms with van der Waals surface area (Å²) >= 11 is 0. The maximum absolute atomic E-state index is 13.9. The fraction of sp³-hybridized carbons (Fsp3) is 0.222. The third-order valence-corrected chi connectivity index (χ3v) is 4.50. The maximum atomic E-state index is 13.9. The van der Waals surface area contributed by atoms with Gasteiger partial charge in [-0.3, -0.25) is 9.78 Å². The number of benzene rings is 1. The van der Waals surface area contributed by atoms with Crippen LogP contribution in [0.5, 0.6) is 0 Å². The molecule has 0 bridgehead atoms. The SMILES string of the molecule is C[C@H]1c2cccn2CCN1C(=O)c1cc(F)cc2cccnc12. The lowest BCUT2D eigenvalue weighted by molar-refractivity contribution is 0.0645. The van der Waals surface area contributed by atoms with Crippen LogP contribution in [0.25, 0.3) is 10.9 Å². The van der Waals surface area contributed by atoms with Crippen LogP contribution in [-0.2, 0) is 6.54 Å². The molecule has 3 heterocycles. The number of rotatable bonds is 1. The van der Waals surface area contributed by atoms with Crippen molar-refractivity contribution in [2.45, 2.75) is 19.5 Å². The topological polar surface area (TPSA) is 38.1 Å². The minimum Gasteiger partial charge on any atom is -0.348 e. The molecule has 5 heteroatoms. The van der Waals surface area contributed by atoms with Gasteiger partial charge in [-0.25, -0.2) is 4.39 Å². The Morgan fingerprint density at radius 3 is 3.00 bits per heavy atom. The van der Waals surface area contributed by atoms with Crippen molar-refractivity contribution in [1.82, 2.24) is 14.5 Å². The number of nitrogens with zero attached hydrogens (tertiary/aromatic N) is 3. The molecule has 0 spiro atoms. The van der Waals surface area contributed by atoms with E-state index in [9.17, 15) is 9.18 Å². The van der Waals surface area contributed by atoms with Gasteiger partial charge in [-0.1, -0.05) is 6.07 Å². The van der Waals surface area contributed by atoms with E-state index in [2.05, 4.69) is 9.55 Å². The number of hydrogen-bond donors (Lipinski definition) is 0. The fourth-order valence-corrected chi connectivity index (χ4v) is 3.33. The molecule has 2 aromatic heterocycles. The predicted molar refractivity (Wildman–Crippen MR) is 85.6 cm³/mol. The third-order valence-electron chi connectivity index (χ3n) is 4.50. The van der Waals surface area contributed by atoms with Crippen LogP contribution in [0.3, 0.4) is 0 Å². The van der Waals surface area contributed by atoms with Gasteiger partial charge in [-0.15, -0.1) is 0 Å². The minimum atomic E-state index is -0.415. The van der Waals surface area contributed by atoms with Crippen LogP contribution >= 0.6 is 0 Å². The second-order valence-corrected chi connectivity index (χ2v) is 5.83. The predicted octanol–water partition coefficient (Wildman–Crippen LogP) is 3.39. The fourth-order valence-electron chi connectivity index (χ4n) is 3.33. The Labute approximate surface area is 133 Å². The Kier molecular flexibility index (Phi) is 3.15. The third kappa shape index (κ3) is 2.20. The monoisotopic (exact) mass is 309 g/mol. The van der Waals surface area contributed by atoms with Gasteiger partial charge in [-0.2, -0.15) is 0 Å². The molecule has 0 fully saturated rings. The molecule has 3 aromatic rings. The summed E-state index contributed by atoms with van der Waals surface area (Å²) in [4.78, 5) is 19.1. The van der Waals surface area contributed by atoms with Crippen molar-refractivity contribution in [2.24, 2.45) is 0 Å². The van der Waals surface area contributed by atoms with E-state index in [4.69, 9.17) is 0 Å². The van der Waals surface area contributed by atoms with Crippen LogP contribution in [-0.4, -0.2) is 26.9 Å². The van der Waals surface area contributed by atoms with E-state index in [1.807, 2.05) is 25.3 Å². The molecule has 116 valence electrons. The first-order chi connectivity index (χ1) is 11.1. The molecule has 0 aliphatic carbocycles. The number of halogens is 1. The first-order valence-electron chi connectivity index (χ1n) is 7.65. The summed E-state index contributed by atoms with van der Waals surface area (Å²) in [7, 11) is 0. The quantitative estimate of drug-likeness (QED) is 0.691. The number of fused-ring (bicyclic) bond motifs is 2. The van der Waals surface area contributed by atoms with E-state index in [0.717, 1.165) is 12.2 Å². The zero-order valence-electron chi connectivity index (χ0n) is 12.7. The number of pyridine rings is 1. The van der Waals surface area contributed by atoms with Gasteiger partial charge in [0.15, 0.2) is 0 Å². The lowest BCUT2D eigenvalue weighted by atomic mass is 10.1. The van der Waals surface area contributed by atoms with Crippen LogP contribution in [0.2, 0.25) is 0 Å². The largest absolute Gasteiger partial charge is 0.348 e. The van der Waals surface area contributed by atoms with Crippen LogP contribution in [0.4, 0.5) is 4.39 Å². The van der Waals surface area contributed by atoms with E-state index in [0.29, 0.717) is 23.0 Å². The zero-order chi connectivity index (χ0) is 16.0. The normalized spacial score (nSPS) is 17.3. The Balaban J connectivity index is 1.78. The molecule has 23 heavy (non-hydrogen) atoms. The minimum absolute atomic E-state index is 0.0479. The van der Waals surface area contributed by atoms with Crippen LogP contribution in [0, 0.1) is 5.82 Å². The summed E-state index contributed by atoms with van der Waals surface area (Å²) in [5.74, 6) is -0.588. The van der Waals surface area contributed by atoms with Crippen molar-refractivity contribution < 1.29 is 9.18 Å². The van der Waals surface area contributed by atoms with E-state index < -0.39 is 5.82 Å². The molecular weight excluding hydrogens is 293 g/mol. The summed E-state index contributed by atoms with van der Waals surface area (Å²) in [5, 5.41) is 0.642. The van der Waals surface area contributed by atoms with Crippen molar-refractivity contribution >= 4 is 16.8 Å². The van der Waals surface area contributed by atoms with Gasteiger partial charge >= 0.3 is 0 Å². The number of carbonyl (C=O) groups excluding carboxylic acids is 1. The summed E-state index contributed by atoms with van der Waals surface area (Å²) in [6.45, 7) is 3.35. The summed E-state index contributed by atoms with van der Waals surface area (Å²) in [6.07, 6.45) is 3.65. The van der Waals surface area contributed by atoms with Crippen molar-refractivity contribution in [1.29, 1.82) is 0 Å². The molecule has 1 atom stereocenters. The van der Waals surface area contributed by atoms with Gasteiger partial charge in [0.2, 0.25) is 0 Å². The van der Waals surface area contributed by atoms with Gasteiger partial charge in [0, 0.05) is 36.6 Å². The highest BCUT2D eigenvalue weighted by Gasteiger charge is 2.29. The molecular formula is C18H16FN3O. The van der Waals surface area contributed by atoms with E-state index in [-0.39, 0.29) is 11.9 Å². The van der Waals surface area contributed by atoms with Crippen molar-refractivity contribution in [3.8, 4) is 0 Å². The molecule has 1 aliphatic heterocycles. The average molecular weight is 309 g/mol. The van der Waals surface area contributed by atoms with Crippen molar-refractivity contribution in [2.75, 3.05) is 6.54 Å². The summed E-state index contributed by atoms with van der Waals surface area (Å²) in [5.41, 5.74) is 1.97. The van der Waals surface area contributed by atoms with Crippen LogP contribution < -0.4 is 0 Å². The lowest BCUT2D eigenvalue weighted by Gasteiger charge is -2.35. The molecule has 1 aromatic carbocycles. The van der Waals surface area contributed by atoms with Crippen molar-refractivity contribution in [3.05, 3.63) is 65.9 Å². The van der Waals surface area contributed by atoms with E-state index in [1.165, 1.54) is 12.1 Å². The molecule has 4 nitrogen and oxygen atoms in total. The first-order valence-corrected chi connectivity index (χ1v) is 7.65. The van der Waals surface area contributed by atoms with Gasteiger partial charge in [-0.05, 0) is 37.3 Å². The lowest BCUT2D eigenvalue weighted by Crippen LogP contribution is -2.40. The molecule has 0 radical (unpaired) electrons. The van der Waals surface area contributed by atoms with Crippen molar-refractivity contribution in [3.63, 3.8) is 0 Å². The molecule has 0 saturated heterocycles. The van der Waals surface area contributed by atoms with Gasteiger partial charge in [0.25, 0.3) is 5.91 Å². The second-order valence-electron chi connectivity index (χ2n) is 5.83. The number of carbonyl (C=O) groups is 1. The zero-order valence-corrected chi connectivity index (χ0v) is 12.7. The van der Waals surface area contributed by atoms with Gasteiger partial charge < -0.3 is 9.47 Å². The Morgan fingerprint density at radius 1 is 1.26 bits per heavy atom. The van der Waals surface area contributed by atoms with Crippen LogP contribution in [0.15, 0.2) is 48.8 Å². The molecule has 4 rings (SSSR count). The van der Waals surface area contributed by atoms with E-state index >= 15 is 0 Å². The van der Waals surface area contributed by atoms with E-state index in [1.54, 1.807) is 23.2 Å². The molecule has 0 saturated carbocycles. The Hall–Kier alpha value is -2.69. The van der Waals surface area contributed by atoms with Crippen LogP contribution in [0.1, 0.15) is 29.0 Å². The first kappa shape index (κ1) is 13.9. The second kappa shape index (κ2) is 5.19. The maximum Gasteiger partial charge on any atom is 0.256 e. The summed E-state index contributed by atoms with van der Waals surface area (Å²) in [6, 6.07) is 10.2. The highest BCUT2D eigenvalue weighted by molar-refractivity contribution is 6.05. The molecule has 1 aliphatic rings. The van der Waals surface area contributed by atoms with Gasteiger partial charge in [0.1, 0.15) is 5.82 Å². The smallest absolute Gasteiger partial charge is 0.256 e. The van der Waals surface area contributed by atoms with Gasteiger partial charge in [0.05, 0.1) is 17.1 Å². The molecule has 1 amide bonds. The highest BCUT2D eigenvalue weighted by atomic mass is 19.1. The summed E-state index contributed by atoms with van der Waals surface area (Å²) < 4.78 is 16.1. The number of aromatic nitrogens is 2.